The average Bonchev–Trinajstić information content (AvgIpc) is 3.00. The summed E-state index contributed by atoms with van der Waals surface area (Å²) in [5.41, 5.74) is 1.64. The summed E-state index contributed by atoms with van der Waals surface area (Å²) in [7, 11) is 0. The lowest BCUT2D eigenvalue weighted by molar-refractivity contribution is 0.102. The van der Waals surface area contributed by atoms with Crippen LogP contribution in [0.2, 0.25) is 0 Å². The highest BCUT2D eigenvalue weighted by molar-refractivity contribution is 6.06. The van der Waals surface area contributed by atoms with E-state index >= 15 is 0 Å². The van der Waals surface area contributed by atoms with Gasteiger partial charge >= 0.3 is 0 Å². The van der Waals surface area contributed by atoms with Crippen molar-refractivity contribution in [3.8, 4) is 0 Å². The standard InChI is InChI=1S/C16H13F2N5O/c1-9-8-11(18)4-7-13(9)20-16(24)14-15(22-23-21-14)19-12-5-2-10(17)3-6-12/h2-8H,1H3,(H,20,24)(H2,19,21,22,23). The molecule has 8 heteroatoms. The number of hydrogen-bond donors (Lipinski definition) is 3. The second-order valence-corrected chi connectivity index (χ2v) is 5.07. The van der Waals surface area contributed by atoms with Crippen LogP contribution in [0.1, 0.15) is 16.1 Å². The molecule has 0 aliphatic heterocycles. The fourth-order valence-electron chi connectivity index (χ4n) is 2.10. The van der Waals surface area contributed by atoms with Crippen molar-refractivity contribution in [2.24, 2.45) is 0 Å². The molecule has 0 saturated carbocycles. The minimum absolute atomic E-state index is 0.0306. The zero-order valence-electron chi connectivity index (χ0n) is 12.6. The number of nitrogens with zero attached hydrogens (tertiary/aromatic N) is 2. The molecule has 0 aliphatic carbocycles. The molecule has 0 atom stereocenters. The molecule has 0 fully saturated rings. The van der Waals surface area contributed by atoms with E-state index < -0.39 is 5.91 Å². The van der Waals surface area contributed by atoms with Gasteiger partial charge in [-0.15, -0.1) is 10.2 Å². The SMILES string of the molecule is Cc1cc(F)ccc1NC(=O)c1n[nH]nc1Nc1ccc(F)cc1. The number of carbonyl (C=O) groups excluding carboxylic acids is 1. The van der Waals surface area contributed by atoms with E-state index in [9.17, 15) is 13.6 Å². The number of aromatic nitrogens is 3. The maximum Gasteiger partial charge on any atom is 0.280 e. The van der Waals surface area contributed by atoms with Crippen molar-refractivity contribution >= 4 is 23.1 Å². The number of hydrogen-bond acceptors (Lipinski definition) is 4. The molecule has 122 valence electrons. The smallest absolute Gasteiger partial charge is 0.280 e. The number of nitrogens with one attached hydrogen (secondary N) is 3. The summed E-state index contributed by atoms with van der Waals surface area (Å²) in [6.45, 7) is 1.68. The van der Waals surface area contributed by atoms with Crippen molar-refractivity contribution in [1.82, 2.24) is 15.4 Å². The second kappa shape index (κ2) is 6.45. The molecule has 0 saturated heterocycles. The van der Waals surface area contributed by atoms with Crippen LogP contribution in [0.25, 0.3) is 0 Å². The zero-order valence-corrected chi connectivity index (χ0v) is 12.6. The number of aryl methyl sites for hydroxylation is 1. The maximum absolute atomic E-state index is 13.1. The molecule has 1 aromatic heterocycles. The normalized spacial score (nSPS) is 10.5. The highest BCUT2D eigenvalue weighted by Crippen LogP contribution is 2.20. The molecule has 3 rings (SSSR count). The van der Waals surface area contributed by atoms with Gasteiger partial charge in [0.2, 0.25) is 0 Å². The lowest BCUT2D eigenvalue weighted by Gasteiger charge is -2.08. The number of carbonyl (C=O) groups is 1. The van der Waals surface area contributed by atoms with Crippen molar-refractivity contribution in [2.75, 3.05) is 10.6 Å². The third-order valence-electron chi connectivity index (χ3n) is 3.31. The summed E-state index contributed by atoms with van der Waals surface area (Å²) >= 11 is 0. The number of aromatic amines is 1. The van der Waals surface area contributed by atoms with Crippen molar-refractivity contribution < 1.29 is 13.6 Å². The van der Waals surface area contributed by atoms with Crippen molar-refractivity contribution in [3.05, 3.63) is 65.4 Å². The first kappa shape index (κ1) is 15.6. The van der Waals surface area contributed by atoms with Gasteiger partial charge in [0, 0.05) is 11.4 Å². The monoisotopic (exact) mass is 329 g/mol. The lowest BCUT2D eigenvalue weighted by atomic mass is 10.2. The molecule has 0 radical (unpaired) electrons. The van der Waals surface area contributed by atoms with Crippen LogP contribution in [-0.4, -0.2) is 21.3 Å². The summed E-state index contributed by atoms with van der Waals surface area (Å²) in [6.07, 6.45) is 0. The molecular weight excluding hydrogens is 316 g/mol. The van der Waals surface area contributed by atoms with Crippen LogP contribution in [0.4, 0.5) is 26.0 Å². The first-order chi connectivity index (χ1) is 11.5. The molecule has 0 bridgehead atoms. The summed E-state index contributed by atoms with van der Waals surface area (Å²) < 4.78 is 26.0. The Hall–Kier alpha value is -3.29. The predicted molar refractivity (Wildman–Crippen MR) is 85.2 cm³/mol. The fourth-order valence-corrected chi connectivity index (χ4v) is 2.10. The third-order valence-corrected chi connectivity index (χ3v) is 3.31. The van der Waals surface area contributed by atoms with Crippen molar-refractivity contribution in [2.45, 2.75) is 6.92 Å². The Morgan fingerprint density at radius 1 is 1.04 bits per heavy atom. The molecule has 6 nitrogen and oxygen atoms in total. The van der Waals surface area contributed by atoms with Crippen molar-refractivity contribution in [3.63, 3.8) is 0 Å². The maximum atomic E-state index is 13.1. The highest BCUT2D eigenvalue weighted by atomic mass is 19.1. The second-order valence-electron chi connectivity index (χ2n) is 5.07. The van der Waals surface area contributed by atoms with E-state index in [4.69, 9.17) is 0 Å². The first-order valence-electron chi connectivity index (χ1n) is 7.04. The van der Waals surface area contributed by atoms with Gasteiger partial charge in [0.25, 0.3) is 5.91 Å². The predicted octanol–water partition coefficient (Wildman–Crippen LogP) is 3.39. The summed E-state index contributed by atoms with van der Waals surface area (Å²) in [5.74, 6) is -1.07. The van der Waals surface area contributed by atoms with Crippen LogP contribution in [0, 0.1) is 18.6 Å². The molecule has 1 heterocycles. The molecule has 24 heavy (non-hydrogen) atoms. The molecule has 1 amide bonds. The van der Waals surface area contributed by atoms with Gasteiger partial charge in [-0.3, -0.25) is 4.79 Å². The largest absolute Gasteiger partial charge is 0.337 e. The Balaban J connectivity index is 1.78. The van der Waals surface area contributed by atoms with E-state index in [0.29, 0.717) is 16.9 Å². The van der Waals surface area contributed by atoms with Gasteiger partial charge in [-0.25, -0.2) is 8.78 Å². The van der Waals surface area contributed by atoms with Gasteiger partial charge in [-0.2, -0.15) is 5.21 Å². The molecule has 2 aromatic carbocycles. The average molecular weight is 329 g/mol. The lowest BCUT2D eigenvalue weighted by Crippen LogP contribution is -2.15. The Bertz CT molecular complexity index is 876. The van der Waals surface area contributed by atoms with E-state index in [1.165, 1.54) is 42.5 Å². The number of rotatable bonds is 4. The van der Waals surface area contributed by atoms with E-state index in [0.717, 1.165) is 0 Å². The van der Waals surface area contributed by atoms with Crippen LogP contribution < -0.4 is 10.6 Å². The van der Waals surface area contributed by atoms with Crippen LogP contribution in [0.15, 0.2) is 42.5 Å². The number of amides is 1. The Morgan fingerprint density at radius 3 is 2.46 bits per heavy atom. The van der Waals surface area contributed by atoms with Crippen LogP contribution in [0.3, 0.4) is 0 Å². The highest BCUT2D eigenvalue weighted by Gasteiger charge is 2.17. The number of halogens is 2. The quantitative estimate of drug-likeness (QED) is 0.685. The molecule has 0 spiro atoms. The summed E-state index contributed by atoms with van der Waals surface area (Å²) in [6, 6.07) is 9.62. The number of anilines is 3. The Morgan fingerprint density at radius 2 is 1.75 bits per heavy atom. The van der Waals surface area contributed by atoms with E-state index in [-0.39, 0.29) is 23.1 Å². The van der Waals surface area contributed by atoms with Gasteiger partial charge in [-0.05, 0) is 55.0 Å². The van der Waals surface area contributed by atoms with Crippen LogP contribution >= 0.6 is 0 Å². The Kier molecular flexibility index (Phi) is 4.19. The zero-order chi connectivity index (χ0) is 17.1. The minimum Gasteiger partial charge on any atom is -0.337 e. The van der Waals surface area contributed by atoms with Gasteiger partial charge in [-0.1, -0.05) is 0 Å². The van der Waals surface area contributed by atoms with Crippen LogP contribution in [0.5, 0.6) is 0 Å². The van der Waals surface area contributed by atoms with E-state index in [1.807, 2.05) is 0 Å². The number of H-pyrrole nitrogens is 1. The molecule has 3 aromatic rings. The van der Waals surface area contributed by atoms with Gasteiger partial charge in [0.05, 0.1) is 0 Å². The fraction of sp³-hybridized carbons (Fsp3) is 0.0625. The molecule has 0 unspecified atom stereocenters. The number of benzene rings is 2. The third kappa shape index (κ3) is 3.37. The van der Waals surface area contributed by atoms with Crippen molar-refractivity contribution in [1.29, 1.82) is 0 Å². The first-order valence-corrected chi connectivity index (χ1v) is 7.04. The summed E-state index contributed by atoms with van der Waals surface area (Å²) in [5, 5.41) is 15.6. The molecular formula is C16H13F2N5O. The van der Waals surface area contributed by atoms with Gasteiger partial charge < -0.3 is 10.6 Å². The van der Waals surface area contributed by atoms with Crippen LogP contribution in [-0.2, 0) is 0 Å². The topological polar surface area (TPSA) is 82.7 Å². The molecule has 3 N–H and O–H groups in total. The minimum atomic E-state index is -0.511. The summed E-state index contributed by atoms with van der Waals surface area (Å²) in [4.78, 5) is 12.4. The molecule has 0 aliphatic rings. The van der Waals surface area contributed by atoms with Gasteiger partial charge in [0.1, 0.15) is 11.6 Å². The Labute approximate surface area is 135 Å². The van der Waals surface area contributed by atoms with Gasteiger partial charge in [0.15, 0.2) is 11.5 Å². The van der Waals surface area contributed by atoms with E-state index in [2.05, 4.69) is 26.0 Å². The van der Waals surface area contributed by atoms with E-state index in [1.54, 1.807) is 6.92 Å².